The Morgan fingerprint density at radius 2 is 2.05 bits per heavy atom. The minimum atomic E-state index is -1.00. The molecule has 0 unspecified atom stereocenters. The van der Waals surface area contributed by atoms with E-state index in [-0.39, 0.29) is 12.0 Å². The van der Waals surface area contributed by atoms with Crippen LogP contribution in [0.1, 0.15) is 23.7 Å². The maximum Gasteiger partial charge on any atom is 0.254 e. The van der Waals surface area contributed by atoms with Crippen molar-refractivity contribution >= 4 is 11.8 Å². The molecule has 0 aliphatic carbocycles. The molecule has 0 heterocycles. The van der Waals surface area contributed by atoms with Crippen LogP contribution in [0.5, 0.6) is 0 Å². The highest BCUT2D eigenvalue weighted by Gasteiger charge is 2.20. The molecule has 102 valence electrons. The third-order valence-corrected chi connectivity index (χ3v) is 2.38. The summed E-state index contributed by atoms with van der Waals surface area (Å²) in [6.07, 6.45) is 0.157. The second-order valence-corrected chi connectivity index (χ2v) is 4.21. The van der Waals surface area contributed by atoms with E-state index in [1.165, 1.54) is 0 Å². The molecule has 0 aliphatic heterocycles. The summed E-state index contributed by atoms with van der Waals surface area (Å²) in [5.41, 5.74) is 5.41. The lowest BCUT2D eigenvalue weighted by atomic mass is 10.1. The molecule has 0 bridgehead atoms. The van der Waals surface area contributed by atoms with Crippen molar-refractivity contribution < 1.29 is 18.4 Å². The number of hydrogen-bond donors (Lipinski definition) is 2. The van der Waals surface area contributed by atoms with Gasteiger partial charge < -0.3 is 11.1 Å². The topological polar surface area (TPSA) is 72.2 Å². The average molecular weight is 268 g/mol. The normalized spacial score (nSPS) is 11.7. The molecule has 6 heteroatoms. The van der Waals surface area contributed by atoms with E-state index in [0.29, 0.717) is 11.6 Å². The summed E-state index contributed by atoms with van der Waals surface area (Å²) in [5, 5.41) is 2.29. The highest BCUT2D eigenvalue weighted by Crippen LogP contribution is 2.10. The molecule has 0 aliphatic rings. The molecule has 1 rings (SSSR count). The summed E-state index contributed by atoms with van der Waals surface area (Å²) in [7, 11) is 0. The molecule has 0 spiro atoms. The zero-order chi connectivity index (χ0) is 14.6. The van der Waals surface area contributed by atoms with E-state index in [1.54, 1.807) is 6.92 Å². The molecular weight excluding hydrogens is 254 g/mol. The van der Waals surface area contributed by atoms with Crippen LogP contribution in [0.3, 0.4) is 0 Å². The second kappa shape index (κ2) is 6.08. The Bertz CT molecular complexity index is 529. The molecule has 1 aromatic rings. The van der Waals surface area contributed by atoms with Crippen molar-refractivity contribution in [3.8, 4) is 0 Å². The molecule has 0 saturated heterocycles. The van der Waals surface area contributed by atoms with Crippen LogP contribution in [-0.2, 0) is 4.79 Å². The lowest BCUT2D eigenvalue weighted by Gasteiger charge is -2.15. The van der Waals surface area contributed by atoms with Crippen LogP contribution in [0, 0.1) is 11.6 Å². The summed E-state index contributed by atoms with van der Waals surface area (Å²) >= 11 is 0. The second-order valence-electron chi connectivity index (χ2n) is 4.21. The number of rotatable bonds is 5. The predicted molar refractivity (Wildman–Crippen MR) is 66.2 cm³/mol. The quantitative estimate of drug-likeness (QED) is 0.795. The Morgan fingerprint density at radius 3 is 2.53 bits per heavy atom. The zero-order valence-electron chi connectivity index (χ0n) is 10.4. The van der Waals surface area contributed by atoms with E-state index in [1.807, 2.05) is 0 Å². The first-order chi connectivity index (χ1) is 8.81. The third-order valence-electron chi connectivity index (χ3n) is 2.38. The molecule has 1 aromatic carbocycles. The number of halogens is 2. The van der Waals surface area contributed by atoms with Gasteiger partial charge in [-0.15, -0.1) is 6.58 Å². The lowest BCUT2D eigenvalue weighted by Crippen LogP contribution is -2.44. The van der Waals surface area contributed by atoms with Crippen molar-refractivity contribution in [2.24, 2.45) is 5.73 Å². The van der Waals surface area contributed by atoms with Crippen LogP contribution in [-0.4, -0.2) is 17.9 Å². The maximum atomic E-state index is 13.4. The fraction of sp³-hybridized carbons (Fsp3) is 0.231. The molecule has 2 amide bonds. The minimum Gasteiger partial charge on any atom is -0.368 e. The molecular formula is C13H14F2N2O2. The summed E-state index contributed by atoms with van der Waals surface area (Å²) in [6.45, 7) is 5.27. The summed E-state index contributed by atoms with van der Waals surface area (Å²) in [6, 6.07) is 1.57. The molecule has 0 aromatic heterocycles. The van der Waals surface area contributed by atoms with Gasteiger partial charge >= 0.3 is 0 Å². The summed E-state index contributed by atoms with van der Waals surface area (Å²) < 4.78 is 26.1. The highest BCUT2D eigenvalue weighted by molar-refractivity contribution is 5.97. The monoisotopic (exact) mass is 268 g/mol. The fourth-order valence-corrected chi connectivity index (χ4v) is 1.48. The van der Waals surface area contributed by atoms with Gasteiger partial charge in [0.15, 0.2) is 0 Å². The Balaban J connectivity index is 2.87. The standard InChI is InChI=1S/C13H14F2N2O2/c1-7(2)5-11(12(16)18)17-13(19)9-4-3-8(14)6-10(9)15/h3-4,6,11H,1,5H2,2H3,(H2,16,18)(H,17,19)/t11-/m1/s1. The van der Waals surface area contributed by atoms with E-state index in [4.69, 9.17) is 5.73 Å². The molecule has 0 fully saturated rings. The molecule has 19 heavy (non-hydrogen) atoms. The van der Waals surface area contributed by atoms with Gasteiger partial charge in [0, 0.05) is 6.07 Å². The van der Waals surface area contributed by atoms with Gasteiger partial charge in [0.05, 0.1) is 5.56 Å². The number of hydrogen-bond acceptors (Lipinski definition) is 2. The smallest absolute Gasteiger partial charge is 0.254 e. The zero-order valence-corrected chi connectivity index (χ0v) is 10.4. The number of amides is 2. The van der Waals surface area contributed by atoms with E-state index < -0.39 is 29.5 Å². The van der Waals surface area contributed by atoms with Crippen molar-refractivity contribution in [2.75, 3.05) is 0 Å². The van der Waals surface area contributed by atoms with Crippen molar-refractivity contribution in [1.29, 1.82) is 0 Å². The largest absolute Gasteiger partial charge is 0.368 e. The minimum absolute atomic E-state index is 0.157. The number of carbonyl (C=O) groups is 2. The van der Waals surface area contributed by atoms with Gasteiger partial charge in [-0.25, -0.2) is 8.78 Å². The van der Waals surface area contributed by atoms with Crippen LogP contribution in [0.2, 0.25) is 0 Å². The van der Waals surface area contributed by atoms with Crippen LogP contribution < -0.4 is 11.1 Å². The number of nitrogens with one attached hydrogen (secondary N) is 1. The molecule has 1 atom stereocenters. The van der Waals surface area contributed by atoms with E-state index in [0.717, 1.165) is 12.1 Å². The van der Waals surface area contributed by atoms with E-state index in [2.05, 4.69) is 11.9 Å². The Labute approximate surface area is 109 Å². The fourth-order valence-electron chi connectivity index (χ4n) is 1.48. The third kappa shape index (κ3) is 4.17. The highest BCUT2D eigenvalue weighted by atomic mass is 19.1. The molecule has 0 radical (unpaired) electrons. The first-order valence-corrected chi connectivity index (χ1v) is 5.51. The Hall–Kier alpha value is -2.24. The maximum absolute atomic E-state index is 13.4. The van der Waals surface area contributed by atoms with Crippen molar-refractivity contribution in [1.82, 2.24) is 5.32 Å². The van der Waals surface area contributed by atoms with Crippen molar-refractivity contribution in [3.05, 3.63) is 47.5 Å². The SMILES string of the molecule is C=C(C)C[C@@H](NC(=O)c1ccc(F)cc1F)C(N)=O. The van der Waals surface area contributed by atoms with Crippen molar-refractivity contribution in [3.63, 3.8) is 0 Å². The summed E-state index contributed by atoms with van der Waals surface area (Å²) in [4.78, 5) is 22.9. The van der Waals surface area contributed by atoms with Gasteiger partial charge in [-0.05, 0) is 25.5 Å². The Morgan fingerprint density at radius 1 is 1.42 bits per heavy atom. The van der Waals surface area contributed by atoms with Gasteiger partial charge in [-0.2, -0.15) is 0 Å². The van der Waals surface area contributed by atoms with E-state index >= 15 is 0 Å². The molecule has 0 saturated carbocycles. The van der Waals surface area contributed by atoms with Gasteiger partial charge in [-0.3, -0.25) is 9.59 Å². The van der Waals surface area contributed by atoms with Gasteiger partial charge in [-0.1, -0.05) is 5.57 Å². The van der Waals surface area contributed by atoms with Crippen LogP contribution in [0.15, 0.2) is 30.4 Å². The average Bonchev–Trinajstić information content (AvgIpc) is 2.26. The van der Waals surface area contributed by atoms with Crippen LogP contribution in [0.4, 0.5) is 8.78 Å². The van der Waals surface area contributed by atoms with Crippen LogP contribution in [0.25, 0.3) is 0 Å². The summed E-state index contributed by atoms with van der Waals surface area (Å²) in [5.74, 6) is -3.38. The van der Waals surface area contributed by atoms with Gasteiger partial charge in [0.25, 0.3) is 5.91 Å². The number of nitrogens with two attached hydrogens (primary N) is 1. The first kappa shape index (κ1) is 14.8. The Kier molecular flexibility index (Phi) is 4.74. The van der Waals surface area contributed by atoms with E-state index in [9.17, 15) is 18.4 Å². The lowest BCUT2D eigenvalue weighted by molar-refractivity contribution is -0.119. The molecule has 4 nitrogen and oxygen atoms in total. The number of benzene rings is 1. The first-order valence-electron chi connectivity index (χ1n) is 5.51. The molecule has 3 N–H and O–H groups in total. The van der Waals surface area contributed by atoms with Gasteiger partial charge in [0.1, 0.15) is 17.7 Å². The van der Waals surface area contributed by atoms with Gasteiger partial charge in [0.2, 0.25) is 5.91 Å². The predicted octanol–water partition coefficient (Wildman–Crippen LogP) is 1.51. The van der Waals surface area contributed by atoms with Crippen LogP contribution >= 0.6 is 0 Å². The number of carbonyl (C=O) groups excluding carboxylic acids is 2. The van der Waals surface area contributed by atoms with Crippen molar-refractivity contribution in [2.45, 2.75) is 19.4 Å². The number of primary amides is 1.